The van der Waals surface area contributed by atoms with Crippen molar-refractivity contribution in [3.63, 3.8) is 0 Å². The third kappa shape index (κ3) is 6.53. The molecule has 3 rings (SSSR count). The molecule has 5 N–H and O–H groups in total. The van der Waals surface area contributed by atoms with Crippen LogP contribution in [0.15, 0.2) is 52.2 Å². The highest BCUT2D eigenvalue weighted by Crippen LogP contribution is 2.49. The van der Waals surface area contributed by atoms with Gasteiger partial charge in [-0.15, -0.1) is 0 Å². The Kier molecular flexibility index (Phi) is 8.42. The molecular formula is C22H30FN4O9P. The summed E-state index contributed by atoms with van der Waals surface area (Å²) in [7, 11) is -4.50. The van der Waals surface area contributed by atoms with Gasteiger partial charge in [-0.1, -0.05) is 18.2 Å². The summed E-state index contributed by atoms with van der Waals surface area (Å²) in [6.07, 6.45) is -3.10. The molecule has 0 amide bonds. The summed E-state index contributed by atoms with van der Waals surface area (Å²) in [6, 6.07) is 7.55. The zero-order chi connectivity index (χ0) is 27.6. The molecule has 0 spiro atoms. The monoisotopic (exact) mass is 544 g/mol. The summed E-state index contributed by atoms with van der Waals surface area (Å²) in [6.45, 7) is 4.64. The molecule has 15 heteroatoms. The van der Waals surface area contributed by atoms with Gasteiger partial charge in [0.2, 0.25) is 0 Å². The quantitative estimate of drug-likeness (QED) is 0.247. The number of aromatic amines is 1. The Labute approximate surface area is 211 Å². The van der Waals surface area contributed by atoms with Crippen molar-refractivity contribution >= 4 is 13.7 Å². The molecule has 13 nitrogen and oxygen atoms in total. The van der Waals surface area contributed by atoms with Crippen LogP contribution in [0.5, 0.6) is 5.75 Å². The van der Waals surface area contributed by atoms with Gasteiger partial charge in [-0.05, 0) is 39.8 Å². The van der Waals surface area contributed by atoms with Crippen molar-refractivity contribution in [2.75, 3.05) is 6.61 Å². The van der Waals surface area contributed by atoms with Crippen LogP contribution in [0.2, 0.25) is 0 Å². The minimum absolute atomic E-state index is 0.0740. The van der Waals surface area contributed by atoms with Gasteiger partial charge in [-0.25, -0.2) is 13.8 Å². The number of ether oxygens (including phenoxy) is 2. The number of carbonyl (C=O) groups excluding carboxylic acids is 1. The second-order valence-corrected chi connectivity index (χ2v) is 10.7. The number of aliphatic hydroxyl groups is 1. The lowest BCUT2D eigenvalue weighted by atomic mass is 9.92. The predicted molar refractivity (Wildman–Crippen MR) is 128 cm³/mol. The number of nitrogens with zero attached hydrogens (tertiary/aromatic N) is 1. The largest absolute Gasteiger partial charge is 0.462 e. The van der Waals surface area contributed by atoms with E-state index < -0.39 is 67.4 Å². The minimum atomic E-state index is -4.50. The van der Waals surface area contributed by atoms with Gasteiger partial charge in [-0.3, -0.25) is 23.7 Å². The molecule has 0 aliphatic carbocycles. The number of H-pyrrole nitrogens is 1. The van der Waals surface area contributed by atoms with Crippen LogP contribution in [0.3, 0.4) is 0 Å². The Hall–Kier alpha value is -2.87. The lowest BCUT2D eigenvalue weighted by molar-refractivity contribution is -0.204. The summed E-state index contributed by atoms with van der Waals surface area (Å²) in [5.74, 6) is -3.78. The number of rotatable bonds is 10. The molecule has 1 saturated heterocycles. The zero-order valence-corrected chi connectivity index (χ0v) is 21.5. The van der Waals surface area contributed by atoms with E-state index >= 15 is 4.39 Å². The second kappa shape index (κ2) is 10.9. The zero-order valence-electron chi connectivity index (χ0n) is 20.6. The molecule has 1 aromatic heterocycles. The summed E-state index contributed by atoms with van der Waals surface area (Å²) in [4.78, 5) is 37.9. The first-order valence-corrected chi connectivity index (χ1v) is 12.8. The lowest BCUT2D eigenvalue weighted by Crippen LogP contribution is -2.56. The van der Waals surface area contributed by atoms with Crippen molar-refractivity contribution in [1.29, 1.82) is 0 Å². The number of hydrogen-bond acceptors (Lipinski definition) is 10. The molecule has 2 unspecified atom stereocenters. The number of carbonyl (C=O) groups is 1. The minimum Gasteiger partial charge on any atom is -0.462 e. The van der Waals surface area contributed by atoms with E-state index in [1.54, 1.807) is 32.0 Å². The topological polar surface area (TPSA) is 184 Å². The summed E-state index contributed by atoms with van der Waals surface area (Å²) in [5.41, 5.74) is 2.55. The van der Waals surface area contributed by atoms with Gasteiger partial charge in [0.25, 0.3) is 11.4 Å². The highest BCUT2D eigenvalue weighted by Gasteiger charge is 2.62. The van der Waals surface area contributed by atoms with Crippen LogP contribution in [-0.4, -0.2) is 56.9 Å². The predicted octanol–water partition coefficient (Wildman–Crippen LogP) is 0.943. The Morgan fingerprint density at radius 1 is 1.30 bits per heavy atom. The highest BCUT2D eigenvalue weighted by atomic mass is 31.2. The van der Waals surface area contributed by atoms with Gasteiger partial charge in [0.15, 0.2) is 6.23 Å². The van der Waals surface area contributed by atoms with Gasteiger partial charge in [0, 0.05) is 12.3 Å². The lowest BCUT2D eigenvalue weighted by Gasteiger charge is -2.29. The number of alkyl halides is 1. The van der Waals surface area contributed by atoms with Crippen LogP contribution in [0.1, 0.15) is 33.9 Å². The van der Waals surface area contributed by atoms with Crippen molar-refractivity contribution in [3.8, 4) is 5.75 Å². The maximum absolute atomic E-state index is 15.9. The van der Waals surface area contributed by atoms with Crippen molar-refractivity contribution in [2.24, 2.45) is 5.73 Å². The van der Waals surface area contributed by atoms with E-state index in [1.165, 1.54) is 26.0 Å². The standard InChI is InChI=1S/C22H30FN4O9P/c1-13(2)34-17(29)14(3)26-37(32,36-15-8-6-5-7-9-15)33-12-22(23)18(30)21(4,24)19(35-22)27-11-10-16(28)25-20(27)31/h5-11,13-14,18-19,30H,12,24H2,1-4H3,(H,26,32)(H,25,28,31)/t14?,18-,19+,21+,22+,37?/m0/s1. The third-order valence-corrected chi connectivity index (χ3v) is 7.02. The first-order chi connectivity index (χ1) is 17.2. The molecule has 2 aromatic rings. The Bertz CT molecular complexity index is 1270. The first kappa shape index (κ1) is 28.7. The normalized spacial score (nSPS) is 28.0. The van der Waals surface area contributed by atoms with Crippen LogP contribution >= 0.6 is 7.75 Å². The van der Waals surface area contributed by atoms with Crippen LogP contribution < -0.4 is 26.6 Å². The van der Waals surface area contributed by atoms with E-state index in [4.69, 9.17) is 24.3 Å². The van der Waals surface area contributed by atoms with Gasteiger partial charge in [-0.2, -0.15) is 5.09 Å². The molecular weight excluding hydrogens is 514 g/mol. The summed E-state index contributed by atoms with van der Waals surface area (Å²) >= 11 is 0. The molecule has 6 atom stereocenters. The number of benzene rings is 1. The van der Waals surface area contributed by atoms with Crippen LogP contribution in [-0.2, 0) is 23.4 Å². The molecule has 0 saturated carbocycles. The molecule has 37 heavy (non-hydrogen) atoms. The number of aliphatic hydroxyl groups excluding tert-OH is 1. The van der Waals surface area contributed by atoms with E-state index in [9.17, 15) is 24.1 Å². The van der Waals surface area contributed by atoms with E-state index in [2.05, 4.69) is 5.09 Å². The fourth-order valence-corrected chi connectivity index (χ4v) is 5.07. The molecule has 1 aliphatic rings. The summed E-state index contributed by atoms with van der Waals surface area (Å²) in [5, 5.41) is 13.1. The van der Waals surface area contributed by atoms with Crippen molar-refractivity contribution in [1.82, 2.24) is 14.6 Å². The molecule has 0 radical (unpaired) electrons. The Morgan fingerprint density at radius 2 is 1.95 bits per heavy atom. The molecule has 1 fully saturated rings. The van der Waals surface area contributed by atoms with Crippen molar-refractivity contribution < 1.29 is 37.4 Å². The van der Waals surface area contributed by atoms with Crippen molar-refractivity contribution in [2.45, 2.75) is 63.6 Å². The van der Waals surface area contributed by atoms with Crippen LogP contribution in [0.4, 0.5) is 4.39 Å². The van der Waals surface area contributed by atoms with Gasteiger partial charge in [0.1, 0.15) is 24.5 Å². The number of halogens is 1. The average Bonchev–Trinajstić information content (AvgIpc) is 2.98. The molecule has 1 aliphatic heterocycles. The highest BCUT2D eigenvalue weighted by molar-refractivity contribution is 7.52. The van der Waals surface area contributed by atoms with Gasteiger partial charge >= 0.3 is 19.4 Å². The molecule has 204 valence electrons. The average molecular weight is 544 g/mol. The van der Waals surface area contributed by atoms with Gasteiger partial charge in [0.05, 0.1) is 11.6 Å². The van der Waals surface area contributed by atoms with E-state index in [1.807, 2.05) is 4.98 Å². The smallest absolute Gasteiger partial charge is 0.459 e. The summed E-state index contributed by atoms with van der Waals surface area (Å²) < 4.78 is 51.5. The molecule has 1 aromatic carbocycles. The molecule has 2 heterocycles. The van der Waals surface area contributed by atoms with Crippen molar-refractivity contribution in [3.05, 3.63) is 63.4 Å². The van der Waals surface area contributed by atoms with Crippen LogP contribution in [0, 0.1) is 0 Å². The second-order valence-electron chi connectivity index (χ2n) is 9.05. The maximum atomic E-state index is 15.9. The van der Waals surface area contributed by atoms with Gasteiger partial charge < -0.3 is 24.8 Å². The number of aromatic nitrogens is 2. The first-order valence-electron chi connectivity index (χ1n) is 11.3. The number of nitrogens with two attached hydrogens (primary N) is 1. The maximum Gasteiger partial charge on any atom is 0.459 e. The number of esters is 1. The van der Waals surface area contributed by atoms with E-state index in [-0.39, 0.29) is 5.75 Å². The SMILES string of the molecule is CC(C)OC(=O)C(C)NP(=O)(OC[C@@]1(F)O[C@@H](n2ccc(=O)[nH]c2=O)[C@](C)(N)[C@@H]1O)Oc1ccccc1. The Morgan fingerprint density at radius 3 is 2.54 bits per heavy atom. The van der Waals surface area contributed by atoms with E-state index in [0.29, 0.717) is 0 Å². The number of para-hydroxylation sites is 1. The number of nitrogens with one attached hydrogen (secondary N) is 2. The van der Waals surface area contributed by atoms with Crippen LogP contribution in [0.25, 0.3) is 0 Å². The Balaban J connectivity index is 1.86. The molecule has 0 bridgehead atoms. The van der Waals surface area contributed by atoms with E-state index in [0.717, 1.165) is 16.8 Å². The third-order valence-electron chi connectivity index (χ3n) is 5.40. The fraction of sp³-hybridized carbons (Fsp3) is 0.500. The number of hydrogen-bond donors (Lipinski definition) is 4. The fourth-order valence-electron chi connectivity index (χ4n) is 3.57.